The van der Waals surface area contributed by atoms with Gasteiger partial charge in [-0.1, -0.05) is 0 Å². The third kappa shape index (κ3) is 4.63. The van der Waals surface area contributed by atoms with Crippen molar-refractivity contribution in [3.05, 3.63) is 59.7 Å². The van der Waals surface area contributed by atoms with Crippen molar-refractivity contribution >= 4 is 23.5 Å². The average Bonchev–Trinajstić information content (AvgIpc) is 2.61. The first-order valence-corrected chi connectivity index (χ1v) is 7.25. The summed E-state index contributed by atoms with van der Waals surface area (Å²) < 4.78 is 10.0. The van der Waals surface area contributed by atoms with Gasteiger partial charge in [0.1, 0.15) is 5.75 Å². The molecule has 0 aliphatic carbocycles. The summed E-state index contributed by atoms with van der Waals surface area (Å²) in [5, 5.41) is 0. The fraction of sp³-hybridized carbons (Fsp3) is 0.167. The fourth-order valence-electron chi connectivity index (χ4n) is 1.95. The van der Waals surface area contributed by atoms with Crippen molar-refractivity contribution in [2.45, 2.75) is 6.92 Å². The lowest BCUT2D eigenvalue weighted by Gasteiger charge is -2.07. The number of hydrogen-bond acceptors (Lipinski definition) is 6. The molecule has 6 nitrogen and oxygen atoms in total. The van der Waals surface area contributed by atoms with Crippen LogP contribution in [-0.4, -0.2) is 31.0 Å². The highest BCUT2D eigenvalue weighted by Gasteiger charge is 2.10. The first-order chi connectivity index (χ1) is 11.6. The molecule has 24 heavy (non-hydrogen) atoms. The van der Waals surface area contributed by atoms with Crippen LogP contribution in [0.4, 0.5) is 5.69 Å². The minimum Gasteiger partial charge on any atom is -0.482 e. The molecule has 2 aromatic rings. The fourth-order valence-corrected chi connectivity index (χ4v) is 1.95. The number of ketones is 1. The Morgan fingerprint density at radius 2 is 1.58 bits per heavy atom. The van der Waals surface area contributed by atoms with Gasteiger partial charge in [-0.05, 0) is 55.5 Å². The molecule has 0 aromatic heterocycles. The molecule has 0 radical (unpaired) electrons. The van der Waals surface area contributed by atoms with Crippen LogP contribution in [0.5, 0.6) is 5.75 Å². The molecule has 0 saturated heterocycles. The highest BCUT2D eigenvalue weighted by atomic mass is 16.6. The molecule has 0 bridgehead atoms. The van der Waals surface area contributed by atoms with Gasteiger partial charge in [-0.25, -0.2) is 9.59 Å². The van der Waals surface area contributed by atoms with E-state index >= 15 is 0 Å². The van der Waals surface area contributed by atoms with Crippen molar-refractivity contribution in [3.63, 3.8) is 0 Å². The first-order valence-electron chi connectivity index (χ1n) is 7.25. The van der Waals surface area contributed by atoms with Crippen molar-refractivity contribution in [1.82, 2.24) is 0 Å². The zero-order valence-electron chi connectivity index (χ0n) is 13.0. The Hall–Kier alpha value is -3.24. The molecule has 0 unspecified atom stereocenters. The molecule has 122 valence electrons. The molecule has 0 spiro atoms. The summed E-state index contributed by atoms with van der Waals surface area (Å²) in [7, 11) is 0. The van der Waals surface area contributed by atoms with Gasteiger partial charge in [-0.15, -0.1) is 0 Å². The average molecular weight is 325 g/mol. The maximum absolute atomic E-state index is 12.4. The Morgan fingerprint density at radius 3 is 2.12 bits per heavy atom. The van der Waals surface area contributed by atoms with E-state index in [1.807, 2.05) is 0 Å². The molecular formula is C18H15NO5. The van der Waals surface area contributed by atoms with Crippen molar-refractivity contribution in [2.75, 3.05) is 13.2 Å². The number of rotatable bonds is 7. The van der Waals surface area contributed by atoms with Crippen LogP contribution in [-0.2, 0) is 14.3 Å². The quantitative estimate of drug-likeness (QED) is 0.338. The number of isocyanates is 1. The zero-order valence-corrected chi connectivity index (χ0v) is 13.0. The Labute approximate surface area is 138 Å². The minimum absolute atomic E-state index is 0.173. The molecule has 0 N–H and O–H groups in total. The van der Waals surface area contributed by atoms with Crippen LogP contribution in [0, 0.1) is 0 Å². The predicted octanol–water partition coefficient (Wildman–Crippen LogP) is 2.83. The van der Waals surface area contributed by atoms with Gasteiger partial charge in [0.2, 0.25) is 6.08 Å². The van der Waals surface area contributed by atoms with E-state index in [2.05, 4.69) is 4.99 Å². The standard InChI is InChI=1S/C18H15NO5/c1-2-23-17(21)11-24-16-9-5-14(6-10-16)18(22)13-3-7-15(8-4-13)19-12-20/h3-10H,2,11H2,1H3. The van der Waals surface area contributed by atoms with E-state index in [9.17, 15) is 14.4 Å². The Kier molecular flexibility index (Phi) is 6.00. The van der Waals surface area contributed by atoms with Crippen molar-refractivity contribution in [3.8, 4) is 5.75 Å². The van der Waals surface area contributed by atoms with Crippen molar-refractivity contribution < 1.29 is 23.9 Å². The van der Waals surface area contributed by atoms with Crippen LogP contribution in [0.3, 0.4) is 0 Å². The van der Waals surface area contributed by atoms with Gasteiger partial charge in [-0.3, -0.25) is 4.79 Å². The Morgan fingerprint density at radius 1 is 1.00 bits per heavy atom. The second kappa shape index (κ2) is 8.41. The SMILES string of the molecule is CCOC(=O)COc1ccc(C(=O)c2ccc(N=C=O)cc2)cc1. The molecule has 0 aliphatic rings. The lowest BCUT2D eigenvalue weighted by atomic mass is 10.0. The Balaban J connectivity index is 2.02. The normalized spacial score (nSPS) is 9.71. The number of hydrogen-bond donors (Lipinski definition) is 0. The topological polar surface area (TPSA) is 82.0 Å². The molecule has 0 amide bonds. The highest BCUT2D eigenvalue weighted by molar-refractivity contribution is 6.09. The summed E-state index contributed by atoms with van der Waals surface area (Å²) in [4.78, 5) is 37.2. The summed E-state index contributed by atoms with van der Waals surface area (Å²) in [6.07, 6.45) is 1.44. The first kappa shape index (κ1) is 17.1. The lowest BCUT2D eigenvalue weighted by molar-refractivity contribution is -0.145. The second-order valence-corrected chi connectivity index (χ2v) is 4.70. The van der Waals surface area contributed by atoms with Gasteiger partial charge in [0, 0.05) is 11.1 Å². The van der Waals surface area contributed by atoms with E-state index in [4.69, 9.17) is 9.47 Å². The highest BCUT2D eigenvalue weighted by Crippen LogP contribution is 2.18. The van der Waals surface area contributed by atoms with E-state index in [1.54, 1.807) is 55.5 Å². The molecule has 0 atom stereocenters. The molecular weight excluding hydrogens is 310 g/mol. The minimum atomic E-state index is -0.448. The largest absolute Gasteiger partial charge is 0.482 e. The van der Waals surface area contributed by atoms with E-state index < -0.39 is 5.97 Å². The molecule has 0 fully saturated rings. The van der Waals surface area contributed by atoms with Crippen LogP contribution in [0.15, 0.2) is 53.5 Å². The van der Waals surface area contributed by atoms with E-state index in [0.717, 1.165) is 0 Å². The monoisotopic (exact) mass is 325 g/mol. The van der Waals surface area contributed by atoms with Crippen molar-refractivity contribution in [1.29, 1.82) is 0 Å². The summed E-state index contributed by atoms with van der Waals surface area (Å²) >= 11 is 0. The summed E-state index contributed by atoms with van der Waals surface area (Å²) in [6, 6.07) is 12.7. The lowest BCUT2D eigenvalue weighted by Crippen LogP contribution is -2.14. The van der Waals surface area contributed by atoms with Gasteiger partial charge in [0.25, 0.3) is 0 Å². The van der Waals surface area contributed by atoms with Crippen LogP contribution in [0.1, 0.15) is 22.8 Å². The molecule has 2 aromatic carbocycles. The number of carbonyl (C=O) groups is 2. The van der Waals surface area contributed by atoms with E-state index in [0.29, 0.717) is 29.2 Å². The predicted molar refractivity (Wildman–Crippen MR) is 86.2 cm³/mol. The van der Waals surface area contributed by atoms with Crippen LogP contribution in [0.25, 0.3) is 0 Å². The van der Waals surface area contributed by atoms with E-state index in [-0.39, 0.29) is 12.4 Å². The number of aliphatic imine (C=N–C) groups is 1. The molecule has 2 rings (SSSR count). The molecule has 0 aliphatic heterocycles. The number of ether oxygens (including phenoxy) is 2. The summed E-state index contributed by atoms with van der Waals surface area (Å²) in [6.45, 7) is 1.84. The van der Waals surface area contributed by atoms with Gasteiger partial charge in [0.15, 0.2) is 12.4 Å². The molecule has 0 heterocycles. The maximum atomic E-state index is 12.4. The van der Waals surface area contributed by atoms with Crippen molar-refractivity contribution in [2.24, 2.45) is 4.99 Å². The number of esters is 1. The summed E-state index contributed by atoms with van der Waals surface area (Å²) in [5.74, 6) is -0.153. The van der Waals surface area contributed by atoms with Crippen LogP contribution >= 0.6 is 0 Å². The zero-order chi connectivity index (χ0) is 17.4. The van der Waals surface area contributed by atoms with Gasteiger partial charge in [0.05, 0.1) is 12.3 Å². The smallest absolute Gasteiger partial charge is 0.344 e. The third-order valence-corrected chi connectivity index (χ3v) is 3.08. The van der Waals surface area contributed by atoms with Crippen LogP contribution in [0.2, 0.25) is 0 Å². The van der Waals surface area contributed by atoms with Crippen LogP contribution < -0.4 is 4.74 Å². The molecule has 6 heteroatoms. The molecule has 0 saturated carbocycles. The second-order valence-electron chi connectivity index (χ2n) is 4.70. The Bertz CT molecular complexity index is 759. The number of nitrogens with zero attached hydrogens (tertiary/aromatic N) is 1. The van der Waals surface area contributed by atoms with Gasteiger partial charge < -0.3 is 9.47 Å². The number of benzene rings is 2. The number of carbonyl (C=O) groups excluding carboxylic acids is 3. The van der Waals surface area contributed by atoms with E-state index in [1.165, 1.54) is 6.08 Å². The van der Waals surface area contributed by atoms with Gasteiger partial charge in [-0.2, -0.15) is 4.99 Å². The maximum Gasteiger partial charge on any atom is 0.344 e. The van der Waals surface area contributed by atoms with Gasteiger partial charge >= 0.3 is 5.97 Å². The third-order valence-electron chi connectivity index (χ3n) is 3.08. The summed E-state index contributed by atoms with van der Waals surface area (Å²) in [5.41, 5.74) is 1.38.